The molecule has 0 aliphatic carbocycles. The summed E-state index contributed by atoms with van der Waals surface area (Å²) in [7, 11) is 0. The van der Waals surface area contributed by atoms with E-state index in [0.29, 0.717) is 10.9 Å². The van der Waals surface area contributed by atoms with Gasteiger partial charge in [0.15, 0.2) is 12.0 Å². The first-order valence-corrected chi connectivity index (χ1v) is 7.27. The Balaban J connectivity index is 1.86. The highest BCUT2D eigenvalue weighted by molar-refractivity contribution is 6.01. The Labute approximate surface area is 141 Å². The minimum absolute atomic E-state index is 0.0207. The van der Waals surface area contributed by atoms with Crippen LogP contribution < -0.4 is 5.32 Å². The number of aliphatic hydroxyl groups is 1. The zero-order valence-electron chi connectivity index (χ0n) is 12.8. The van der Waals surface area contributed by atoms with Crippen LogP contribution in [0.4, 0.5) is 11.4 Å². The van der Waals surface area contributed by atoms with E-state index in [0.717, 1.165) is 6.07 Å². The Hall–Kier alpha value is -3.52. The monoisotopic (exact) mass is 339 g/mol. The van der Waals surface area contributed by atoms with Crippen LogP contribution in [0.5, 0.6) is 5.75 Å². The topological polar surface area (TPSA) is 126 Å². The number of pyridine rings is 1. The van der Waals surface area contributed by atoms with Gasteiger partial charge in [0.05, 0.1) is 10.6 Å². The lowest BCUT2D eigenvalue weighted by molar-refractivity contribution is -0.384. The Bertz CT molecular complexity index is 973. The number of aliphatic hydroxyl groups excluding tert-OH is 1. The number of phenolic OH excluding ortho intramolecular Hbond substituents is 1. The third-order valence-electron chi connectivity index (χ3n) is 3.63. The molecular weight excluding hydrogens is 326 g/mol. The molecule has 0 aliphatic heterocycles. The molecule has 0 aliphatic rings. The molecule has 8 heteroatoms. The van der Waals surface area contributed by atoms with E-state index in [4.69, 9.17) is 0 Å². The van der Waals surface area contributed by atoms with E-state index in [2.05, 4.69) is 10.3 Å². The van der Waals surface area contributed by atoms with Crippen molar-refractivity contribution in [1.82, 2.24) is 4.98 Å². The number of hydrogen-bond donors (Lipinski definition) is 3. The maximum atomic E-state index is 12.3. The predicted molar refractivity (Wildman–Crippen MR) is 90.5 cm³/mol. The first-order chi connectivity index (χ1) is 12.0. The van der Waals surface area contributed by atoms with E-state index in [1.807, 2.05) is 0 Å². The van der Waals surface area contributed by atoms with Gasteiger partial charge >= 0.3 is 0 Å². The van der Waals surface area contributed by atoms with Crippen LogP contribution in [0.1, 0.15) is 10.4 Å². The van der Waals surface area contributed by atoms with Crippen LogP contribution in [0.3, 0.4) is 0 Å². The van der Waals surface area contributed by atoms with Crippen molar-refractivity contribution >= 4 is 28.1 Å². The number of hydrogen-bond acceptors (Lipinski definition) is 7. The minimum atomic E-state index is -1.69. The molecule has 3 N–H and O–H groups in total. The van der Waals surface area contributed by atoms with E-state index in [-0.39, 0.29) is 22.7 Å². The molecule has 126 valence electrons. The maximum Gasteiger partial charge on any atom is 0.270 e. The van der Waals surface area contributed by atoms with E-state index in [9.17, 15) is 25.1 Å². The molecule has 0 bridgehead atoms. The van der Waals surface area contributed by atoms with Crippen LogP contribution in [0.2, 0.25) is 0 Å². The summed E-state index contributed by atoms with van der Waals surface area (Å²) in [5.41, 5.74) is 0.170. The highest BCUT2D eigenvalue weighted by atomic mass is 16.6. The number of ketones is 1. The fourth-order valence-corrected chi connectivity index (χ4v) is 2.39. The van der Waals surface area contributed by atoms with Gasteiger partial charge in [-0.05, 0) is 12.1 Å². The van der Waals surface area contributed by atoms with E-state index >= 15 is 0 Å². The van der Waals surface area contributed by atoms with E-state index in [1.165, 1.54) is 30.5 Å². The first kappa shape index (κ1) is 16.3. The van der Waals surface area contributed by atoms with E-state index < -0.39 is 16.9 Å². The summed E-state index contributed by atoms with van der Waals surface area (Å²) in [6.07, 6.45) is -0.176. The smallest absolute Gasteiger partial charge is 0.270 e. The van der Waals surface area contributed by atoms with Crippen LogP contribution in [0, 0.1) is 10.1 Å². The van der Waals surface area contributed by atoms with Crippen LogP contribution in [0.15, 0.2) is 54.7 Å². The quantitative estimate of drug-likeness (QED) is 0.214. The van der Waals surface area contributed by atoms with Gasteiger partial charge in [0.2, 0.25) is 5.78 Å². The number of phenols is 1. The Morgan fingerprint density at radius 1 is 1.20 bits per heavy atom. The fraction of sp³-hybridized carbons (Fsp3) is 0.0588. The van der Waals surface area contributed by atoms with Gasteiger partial charge < -0.3 is 15.5 Å². The second-order valence-corrected chi connectivity index (χ2v) is 5.26. The number of nitro benzene ring substituents is 1. The summed E-state index contributed by atoms with van der Waals surface area (Å²) in [4.78, 5) is 26.5. The average molecular weight is 339 g/mol. The first-order valence-electron chi connectivity index (χ1n) is 7.27. The number of fused-ring (bicyclic) bond motifs is 1. The number of non-ortho nitro benzene ring substituents is 1. The lowest BCUT2D eigenvalue weighted by Crippen LogP contribution is -2.29. The molecule has 8 nitrogen and oxygen atoms in total. The van der Waals surface area contributed by atoms with Gasteiger partial charge in [-0.3, -0.25) is 19.9 Å². The molecular formula is C17H13N3O5. The van der Waals surface area contributed by atoms with Crippen LogP contribution in [-0.4, -0.2) is 32.1 Å². The van der Waals surface area contributed by atoms with Crippen molar-refractivity contribution in [3.05, 3.63) is 70.4 Å². The van der Waals surface area contributed by atoms with E-state index in [1.54, 1.807) is 18.2 Å². The number of rotatable bonds is 5. The van der Waals surface area contributed by atoms with Crippen LogP contribution in [-0.2, 0) is 0 Å². The highest BCUT2D eigenvalue weighted by Gasteiger charge is 2.21. The molecule has 3 aromatic rings. The zero-order chi connectivity index (χ0) is 18.0. The van der Waals surface area contributed by atoms with Gasteiger partial charge in [0.1, 0.15) is 5.52 Å². The van der Waals surface area contributed by atoms with Gasteiger partial charge in [0, 0.05) is 29.3 Å². The summed E-state index contributed by atoms with van der Waals surface area (Å²) in [6, 6.07) is 11.7. The highest BCUT2D eigenvalue weighted by Crippen LogP contribution is 2.31. The normalized spacial score (nSPS) is 11.9. The van der Waals surface area contributed by atoms with Crippen molar-refractivity contribution < 1.29 is 19.9 Å². The molecule has 0 fully saturated rings. The Kier molecular flexibility index (Phi) is 4.27. The second kappa shape index (κ2) is 6.54. The number of nitro groups is 1. The molecule has 3 rings (SSSR count). The number of carbonyl (C=O) groups excluding carboxylic acids is 1. The van der Waals surface area contributed by atoms with Crippen LogP contribution >= 0.6 is 0 Å². The molecule has 0 spiro atoms. The summed E-state index contributed by atoms with van der Waals surface area (Å²) in [6.45, 7) is 0. The number of anilines is 1. The zero-order valence-corrected chi connectivity index (χ0v) is 12.8. The average Bonchev–Trinajstić information content (AvgIpc) is 2.63. The number of carbonyl (C=O) groups is 1. The molecule has 1 aromatic heterocycles. The Morgan fingerprint density at radius 3 is 2.76 bits per heavy atom. The molecule has 0 amide bonds. The fourth-order valence-electron chi connectivity index (χ4n) is 2.39. The summed E-state index contributed by atoms with van der Waals surface area (Å²) >= 11 is 0. The van der Waals surface area contributed by atoms with Gasteiger partial charge in [-0.2, -0.15) is 0 Å². The molecule has 2 aromatic carbocycles. The largest absolute Gasteiger partial charge is 0.504 e. The van der Waals surface area contributed by atoms with Gasteiger partial charge in [-0.25, -0.2) is 0 Å². The lowest BCUT2D eigenvalue weighted by atomic mass is 10.1. The molecule has 1 atom stereocenters. The molecule has 0 saturated heterocycles. The summed E-state index contributed by atoms with van der Waals surface area (Å²) < 4.78 is 0. The van der Waals surface area contributed by atoms with Crippen LogP contribution in [0.25, 0.3) is 10.9 Å². The summed E-state index contributed by atoms with van der Waals surface area (Å²) in [5.74, 6) is -0.965. The van der Waals surface area contributed by atoms with Gasteiger partial charge in [0.25, 0.3) is 5.69 Å². The molecule has 0 radical (unpaired) electrons. The van der Waals surface area contributed by atoms with Gasteiger partial charge in [-0.1, -0.05) is 24.3 Å². The second-order valence-electron chi connectivity index (χ2n) is 5.26. The van der Waals surface area contributed by atoms with Crippen molar-refractivity contribution in [2.75, 3.05) is 5.32 Å². The van der Waals surface area contributed by atoms with Crippen molar-refractivity contribution in [2.24, 2.45) is 0 Å². The van der Waals surface area contributed by atoms with Crippen molar-refractivity contribution in [1.29, 1.82) is 0 Å². The SMILES string of the molecule is O=C(c1cccc([N+](=O)[O-])c1)[C@H](O)Nc1ccc2cccnc2c1O. The molecule has 25 heavy (non-hydrogen) atoms. The maximum absolute atomic E-state index is 12.3. The number of nitrogens with one attached hydrogen (secondary N) is 1. The standard InChI is InChI=1S/C17H13N3O5/c21-15(11-3-1-5-12(9-11)20(24)25)17(23)19-13-7-6-10-4-2-8-18-14(10)16(13)22/h1-9,17,19,22-23H/t17-/m0/s1. The number of aromatic nitrogens is 1. The van der Waals surface area contributed by atoms with Crippen molar-refractivity contribution in [3.8, 4) is 5.75 Å². The number of aromatic hydroxyl groups is 1. The van der Waals surface area contributed by atoms with Crippen molar-refractivity contribution in [3.63, 3.8) is 0 Å². The minimum Gasteiger partial charge on any atom is -0.504 e. The molecule has 0 saturated carbocycles. The third kappa shape index (κ3) is 3.24. The number of benzene rings is 2. The third-order valence-corrected chi connectivity index (χ3v) is 3.63. The lowest BCUT2D eigenvalue weighted by Gasteiger charge is -2.15. The predicted octanol–water partition coefficient (Wildman–Crippen LogP) is 2.46. The summed E-state index contributed by atoms with van der Waals surface area (Å²) in [5, 5.41) is 34.3. The van der Waals surface area contributed by atoms with Crippen molar-refractivity contribution in [2.45, 2.75) is 6.23 Å². The number of nitrogens with zero attached hydrogens (tertiary/aromatic N) is 2. The molecule has 1 heterocycles. The van der Waals surface area contributed by atoms with Gasteiger partial charge in [-0.15, -0.1) is 0 Å². The number of Topliss-reactive ketones (excluding diaryl/α,β-unsaturated/α-hetero) is 1. The molecule has 0 unspecified atom stereocenters. The Morgan fingerprint density at radius 2 is 2.00 bits per heavy atom.